The molecule has 0 amide bonds. The zero-order valence-electron chi connectivity index (χ0n) is 10.2. The maximum absolute atomic E-state index is 13.0. The SMILES string of the molecule is Nc1ncc(Br)cc1S(=O)(=O)NCc1cccc(F)c1. The largest absolute Gasteiger partial charge is 0.383 e. The summed E-state index contributed by atoms with van der Waals surface area (Å²) in [5.41, 5.74) is 6.07. The number of anilines is 1. The molecule has 20 heavy (non-hydrogen) atoms. The van der Waals surface area contributed by atoms with Gasteiger partial charge in [-0.15, -0.1) is 0 Å². The second-order valence-electron chi connectivity index (χ2n) is 3.99. The van der Waals surface area contributed by atoms with E-state index < -0.39 is 15.8 Å². The molecule has 5 nitrogen and oxygen atoms in total. The van der Waals surface area contributed by atoms with Gasteiger partial charge in [0.25, 0.3) is 0 Å². The molecule has 0 fully saturated rings. The Morgan fingerprint density at radius 3 is 2.80 bits per heavy atom. The number of sulfonamides is 1. The highest BCUT2D eigenvalue weighted by Gasteiger charge is 2.18. The van der Waals surface area contributed by atoms with Crippen LogP contribution in [0.3, 0.4) is 0 Å². The Morgan fingerprint density at radius 1 is 1.35 bits per heavy atom. The van der Waals surface area contributed by atoms with Gasteiger partial charge in [0.2, 0.25) is 10.0 Å². The van der Waals surface area contributed by atoms with Crippen molar-refractivity contribution in [2.24, 2.45) is 0 Å². The molecule has 1 aromatic carbocycles. The minimum absolute atomic E-state index is 0.0357. The summed E-state index contributed by atoms with van der Waals surface area (Å²) in [6, 6.07) is 7.03. The summed E-state index contributed by atoms with van der Waals surface area (Å²) in [7, 11) is -3.81. The molecule has 0 atom stereocenters. The summed E-state index contributed by atoms with van der Waals surface area (Å²) >= 11 is 3.13. The van der Waals surface area contributed by atoms with Crippen LogP contribution in [0.5, 0.6) is 0 Å². The predicted molar refractivity (Wildman–Crippen MR) is 76.8 cm³/mol. The highest BCUT2D eigenvalue weighted by Crippen LogP contribution is 2.20. The fourth-order valence-corrected chi connectivity index (χ4v) is 3.15. The normalized spacial score (nSPS) is 11.5. The minimum Gasteiger partial charge on any atom is -0.383 e. The van der Waals surface area contributed by atoms with E-state index in [4.69, 9.17) is 5.73 Å². The Morgan fingerprint density at radius 2 is 2.10 bits per heavy atom. The standard InChI is InChI=1S/C12H11BrFN3O2S/c13-9-5-11(12(15)16-7-9)20(18,19)17-6-8-2-1-3-10(14)4-8/h1-5,7,17H,6H2,(H2,15,16). The Balaban J connectivity index is 2.21. The lowest BCUT2D eigenvalue weighted by Crippen LogP contribution is -2.24. The van der Waals surface area contributed by atoms with E-state index in [9.17, 15) is 12.8 Å². The van der Waals surface area contributed by atoms with Crippen LogP contribution in [0.1, 0.15) is 5.56 Å². The van der Waals surface area contributed by atoms with Crippen LogP contribution in [-0.4, -0.2) is 13.4 Å². The fraction of sp³-hybridized carbons (Fsp3) is 0.0833. The fourth-order valence-electron chi connectivity index (χ4n) is 1.55. The molecule has 0 radical (unpaired) electrons. The van der Waals surface area contributed by atoms with E-state index >= 15 is 0 Å². The number of rotatable bonds is 4. The van der Waals surface area contributed by atoms with Crippen molar-refractivity contribution in [1.29, 1.82) is 0 Å². The van der Waals surface area contributed by atoms with Crippen LogP contribution in [0.4, 0.5) is 10.2 Å². The zero-order chi connectivity index (χ0) is 14.8. The minimum atomic E-state index is -3.81. The lowest BCUT2D eigenvalue weighted by Gasteiger charge is -2.09. The van der Waals surface area contributed by atoms with Crippen molar-refractivity contribution < 1.29 is 12.8 Å². The second kappa shape index (κ2) is 5.86. The molecule has 0 unspecified atom stereocenters. The van der Waals surface area contributed by atoms with Crippen molar-refractivity contribution >= 4 is 31.8 Å². The first-order valence-electron chi connectivity index (χ1n) is 5.53. The Bertz CT molecular complexity index is 737. The van der Waals surface area contributed by atoms with Crippen LogP contribution in [0.2, 0.25) is 0 Å². The molecule has 3 N–H and O–H groups in total. The summed E-state index contributed by atoms with van der Waals surface area (Å²) in [6.07, 6.45) is 1.40. The zero-order valence-corrected chi connectivity index (χ0v) is 12.6. The third-order valence-electron chi connectivity index (χ3n) is 2.49. The van der Waals surface area contributed by atoms with Gasteiger partial charge in [-0.1, -0.05) is 12.1 Å². The highest BCUT2D eigenvalue weighted by atomic mass is 79.9. The number of hydrogen-bond donors (Lipinski definition) is 2. The van der Waals surface area contributed by atoms with Crippen LogP contribution < -0.4 is 10.5 Å². The average molecular weight is 360 g/mol. The maximum atomic E-state index is 13.0. The lowest BCUT2D eigenvalue weighted by atomic mass is 10.2. The molecule has 2 aromatic rings. The van der Waals surface area contributed by atoms with Crippen LogP contribution in [-0.2, 0) is 16.6 Å². The molecule has 106 valence electrons. The number of hydrogen-bond acceptors (Lipinski definition) is 4. The first-order valence-corrected chi connectivity index (χ1v) is 7.81. The van der Waals surface area contributed by atoms with Crippen molar-refractivity contribution in [3.8, 4) is 0 Å². The van der Waals surface area contributed by atoms with E-state index in [1.807, 2.05) is 0 Å². The number of nitrogens with zero attached hydrogens (tertiary/aromatic N) is 1. The number of halogens is 2. The molecule has 8 heteroatoms. The third kappa shape index (κ3) is 3.53. The Hall–Kier alpha value is -1.51. The summed E-state index contributed by atoms with van der Waals surface area (Å²) in [4.78, 5) is 3.64. The molecule has 0 spiro atoms. The Kier molecular flexibility index (Phi) is 4.36. The molecular weight excluding hydrogens is 349 g/mol. The predicted octanol–water partition coefficient (Wildman–Crippen LogP) is 2.04. The highest BCUT2D eigenvalue weighted by molar-refractivity contribution is 9.10. The van der Waals surface area contributed by atoms with Crippen LogP contribution >= 0.6 is 15.9 Å². The molecule has 0 aliphatic carbocycles. The van der Waals surface area contributed by atoms with Gasteiger partial charge in [0.05, 0.1) is 0 Å². The van der Waals surface area contributed by atoms with Gasteiger partial charge in [-0.2, -0.15) is 0 Å². The molecule has 0 aliphatic rings. The monoisotopic (exact) mass is 359 g/mol. The first kappa shape index (κ1) is 14.9. The van der Waals surface area contributed by atoms with Crippen LogP contribution in [0.25, 0.3) is 0 Å². The lowest BCUT2D eigenvalue weighted by molar-refractivity contribution is 0.580. The van der Waals surface area contributed by atoms with E-state index in [0.29, 0.717) is 10.0 Å². The van der Waals surface area contributed by atoms with Crippen molar-refractivity contribution in [2.45, 2.75) is 11.4 Å². The molecule has 0 bridgehead atoms. The smallest absolute Gasteiger partial charge is 0.244 e. The summed E-state index contributed by atoms with van der Waals surface area (Å²) < 4.78 is 40.1. The van der Waals surface area contributed by atoms with Crippen molar-refractivity contribution in [3.63, 3.8) is 0 Å². The van der Waals surface area contributed by atoms with E-state index in [1.54, 1.807) is 6.07 Å². The molecule has 0 saturated carbocycles. The van der Waals surface area contributed by atoms with Gasteiger partial charge in [0, 0.05) is 17.2 Å². The van der Waals surface area contributed by atoms with Gasteiger partial charge in [0.1, 0.15) is 16.5 Å². The number of benzene rings is 1. The number of nitrogens with one attached hydrogen (secondary N) is 1. The van der Waals surface area contributed by atoms with Crippen LogP contribution in [0.15, 0.2) is 45.9 Å². The van der Waals surface area contributed by atoms with E-state index in [-0.39, 0.29) is 17.3 Å². The van der Waals surface area contributed by atoms with Crippen molar-refractivity contribution in [2.75, 3.05) is 5.73 Å². The molecule has 1 aromatic heterocycles. The van der Waals surface area contributed by atoms with Gasteiger partial charge in [-0.3, -0.25) is 0 Å². The molecule has 0 aliphatic heterocycles. The molecule has 1 heterocycles. The van der Waals surface area contributed by atoms with E-state index in [1.165, 1.54) is 30.5 Å². The average Bonchev–Trinajstić information content (AvgIpc) is 2.39. The summed E-state index contributed by atoms with van der Waals surface area (Å²) in [5.74, 6) is -0.523. The topological polar surface area (TPSA) is 85.1 Å². The quantitative estimate of drug-likeness (QED) is 0.874. The van der Waals surface area contributed by atoms with Gasteiger partial charge >= 0.3 is 0 Å². The van der Waals surface area contributed by atoms with Crippen LogP contribution in [0, 0.1) is 5.82 Å². The summed E-state index contributed by atoms with van der Waals surface area (Å²) in [5, 5.41) is 0. The maximum Gasteiger partial charge on any atom is 0.244 e. The second-order valence-corrected chi connectivity index (χ2v) is 6.64. The van der Waals surface area contributed by atoms with Gasteiger partial charge in [-0.05, 0) is 39.7 Å². The summed E-state index contributed by atoms with van der Waals surface area (Å²) in [6.45, 7) is -0.0357. The Labute approximate surface area is 124 Å². The van der Waals surface area contributed by atoms with E-state index in [0.717, 1.165) is 0 Å². The van der Waals surface area contributed by atoms with E-state index in [2.05, 4.69) is 25.6 Å². The number of pyridine rings is 1. The van der Waals surface area contributed by atoms with Crippen molar-refractivity contribution in [3.05, 3.63) is 52.4 Å². The molecule has 2 rings (SSSR count). The van der Waals surface area contributed by atoms with Gasteiger partial charge < -0.3 is 5.73 Å². The van der Waals surface area contributed by atoms with Gasteiger partial charge in [0.15, 0.2) is 0 Å². The molecular formula is C12H11BrFN3O2S. The number of nitrogens with two attached hydrogens (primary N) is 1. The number of aromatic nitrogens is 1. The number of nitrogen functional groups attached to an aromatic ring is 1. The third-order valence-corrected chi connectivity index (χ3v) is 4.36. The van der Waals surface area contributed by atoms with Gasteiger partial charge in [-0.25, -0.2) is 22.5 Å². The molecule has 0 saturated heterocycles. The van der Waals surface area contributed by atoms with Crippen molar-refractivity contribution in [1.82, 2.24) is 9.71 Å². The first-order chi connectivity index (χ1) is 9.38.